The minimum atomic E-state index is 0.618. The molecule has 1 aromatic heterocycles. The second-order valence-corrected chi connectivity index (χ2v) is 3.89. The van der Waals surface area contributed by atoms with E-state index in [0.29, 0.717) is 5.92 Å². The van der Waals surface area contributed by atoms with Gasteiger partial charge in [-0.15, -0.1) is 0 Å². The van der Waals surface area contributed by atoms with Crippen molar-refractivity contribution in [3.05, 3.63) is 17.7 Å². The summed E-state index contributed by atoms with van der Waals surface area (Å²) >= 11 is 0. The summed E-state index contributed by atoms with van der Waals surface area (Å²) in [7, 11) is 2.09. The molecule has 1 aliphatic rings. The lowest BCUT2D eigenvalue weighted by Crippen LogP contribution is -2.29. The average molecular weight is 179 g/mol. The van der Waals surface area contributed by atoms with Crippen LogP contribution in [0.1, 0.15) is 30.3 Å². The summed E-state index contributed by atoms with van der Waals surface area (Å²) in [5.41, 5.74) is 1.13. The monoisotopic (exact) mass is 179 g/mol. The van der Waals surface area contributed by atoms with Crippen LogP contribution in [0.2, 0.25) is 0 Å². The maximum absolute atomic E-state index is 4.56. The Bertz CT molecular complexity index is 284. The predicted octanol–water partition coefficient (Wildman–Crippen LogP) is 1.20. The van der Waals surface area contributed by atoms with Crippen LogP contribution in [0.3, 0.4) is 0 Å². The third-order valence-corrected chi connectivity index (χ3v) is 2.69. The molecule has 72 valence electrons. The van der Waals surface area contributed by atoms with E-state index in [2.05, 4.69) is 35.0 Å². The minimum Gasteiger partial charge on any atom is -0.337 e. The molecular formula is C10H17N3. The first kappa shape index (κ1) is 8.75. The summed E-state index contributed by atoms with van der Waals surface area (Å²) in [6.07, 6.45) is 4.65. The van der Waals surface area contributed by atoms with Crippen LogP contribution in [0, 0.1) is 6.92 Å². The van der Waals surface area contributed by atoms with Crippen molar-refractivity contribution < 1.29 is 0 Å². The summed E-state index contributed by atoms with van der Waals surface area (Å²) in [4.78, 5) is 4.56. The summed E-state index contributed by atoms with van der Waals surface area (Å²) in [6, 6.07) is 0. The van der Waals surface area contributed by atoms with Gasteiger partial charge in [0.15, 0.2) is 0 Å². The molecule has 2 heterocycles. The van der Waals surface area contributed by atoms with E-state index in [-0.39, 0.29) is 0 Å². The Kier molecular flexibility index (Phi) is 2.36. The Morgan fingerprint density at radius 2 is 2.46 bits per heavy atom. The Morgan fingerprint density at radius 1 is 1.62 bits per heavy atom. The minimum absolute atomic E-state index is 0.618. The topological polar surface area (TPSA) is 29.9 Å². The fourth-order valence-electron chi connectivity index (χ4n) is 2.09. The van der Waals surface area contributed by atoms with Crippen LogP contribution in [-0.4, -0.2) is 22.6 Å². The van der Waals surface area contributed by atoms with Crippen molar-refractivity contribution in [3.8, 4) is 0 Å². The van der Waals surface area contributed by atoms with Gasteiger partial charge in [0.1, 0.15) is 5.82 Å². The molecule has 3 nitrogen and oxygen atoms in total. The van der Waals surface area contributed by atoms with Gasteiger partial charge in [0.05, 0.1) is 5.69 Å². The highest BCUT2D eigenvalue weighted by atomic mass is 15.1. The lowest BCUT2D eigenvalue weighted by Gasteiger charge is -2.22. The summed E-state index contributed by atoms with van der Waals surface area (Å²) in [6.45, 7) is 4.31. The second-order valence-electron chi connectivity index (χ2n) is 3.89. The molecule has 0 saturated carbocycles. The highest BCUT2D eigenvalue weighted by molar-refractivity contribution is 5.07. The zero-order valence-electron chi connectivity index (χ0n) is 8.38. The normalized spacial score (nSPS) is 23.4. The first-order valence-electron chi connectivity index (χ1n) is 4.98. The van der Waals surface area contributed by atoms with E-state index in [0.717, 1.165) is 12.2 Å². The van der Waals surface area contributed by atoms with Gasteiger partial charge in [-0.05, 0) is 26.3 Å². The maximum atomic E-state index is 4.56. The Balaban J connectivity index is 2.18. The molecule has 3 heteroatoms. The van der Waals surface area contributed by atoms with E-state index < -0.39 is 0 Å². The first-order chi connectivity index (χ1) is 6.27. The van der Waals surface area contributed by atoms with Crippen LogP contribution in [0.25, 0.3) is 0 Å². The van der Waals surface area contributed by atoms with Crippen LogP contribution in [-0.2, 0) is 7.05 Å². The van der Waals surface area contributed by atoms with Gasteiger partial charge >= 0.3 is 0 Å². The average Bonchev–Trinajstić information content (AvgIpc) is 2.47. The van der Waals surface area contributed by atoms with E-state index in [1.54, 1.807) is 0 Å². The van der Waals surface area contributed by atoms with Crippen LogP contribution in [0.15, 0.2) is 6.20 Å². The van der Waals surface area contributed by atoms with Crippen molar-refractivity contribution in [1.82, 2.24) is 14.9 Å². The van der Waals surface area contributed by atoms with Gasteiger partial charge in [-0.1, -0.05) is 0 Å². The Hall–Kier alpha value is -0.830. The third-order valence-electron chi connectivity index (χ3n) is 2.69. The summed E-state index contributed by atoms with van der Waals surface area (Å²) in [5, 5.41) is 3.42. The molecule has 1 aliphatic heterocycles. The molecule has 0 aliphatic carbocycles. The lowest BCUT2D eigenvalue weighted by molar-refractivity contribution is 0.439. The van der Waals surface area contributed by atoms with Crippen LogP contribution in [0.5, 0.6) is 0 Å². The maximum Gasteiger partial charge on any atom is 0.113 e. The van der Waals surface area contributed by atoms with Crippen LogP contribution in [0.4, 0.5) is 0 Å². The molecule has 1 aromatic rings. The zero-order chi connectivity index (χ0) is 9.26. The standard InChI is InChI=1S/C10H17N3/c1-8-7-13(2)10(12-8)9-4-3-5-11-6-9/h7,9,11H,3-6H2,1-2H3/t9-/m0/s1. The van der Waals surface area contributed by atoms with Gasteiger partial charge in [0.25, 0.3) is 0 Å². The SMILES string of the molecule is Cc1cn(C)c([C@H]2CCCNC2)n1. The highest BCUT2D eigenvalue weighted by Gasteiger charge is 2.18. The van der Waals surface area contributed by atoms with E-state index in [1.807, 2.05) is 0 Å². The molecule has 1 N–H and O–H groups in total. The molecular weight excluding hydrogens is 162 g/mol. The number of nitrogens with one attached hydrogen (secondary N) is 1. The van der Waals surface area contributed by atoms with Gasteiger partial charge < -0.3 is 9.88 Å². The number of aromatic nitrogens is 2. The van der Waals surface area contributed by atoms with Crippen LogP contribution < -0.4 is 5.32 Å². The van der Waals surface area contributed by atoms with Crippen molar-refractivity contribution >= 4 is 0 Å². The molecule has 0 amide bonds. The van der Waals surface area contributed by atoms with Gasteiger partial charge in [-0.3, -0.25) is 0 Å². The fourth-order valence-corrected chi connectivity index (χ4v) is 2.09. The van der Waals surface area contributed by atoms with Gasteiger partial charge in [-0.25, -0.2) is 4.98 Å². The van der Waals surface area contributed by atoms with Gasteiger partial charge in [0, 0.05) is 25.7 Å². The summed E-state index contributed by atoms with van der Waals surface area (Å²) in [5.74, 6) is 1.86. The fraction of sp³-hybridized carbons (Fsp3) is 0.700. The molecule has 0 aromatic carbocycles. The molecule has 13 heavy (non-hydrogen) atoms. The van der Waals surface area contributed by atoms with E-state index in [1.165, 1.54) is 25.2 Å². The molecule has 1 saturated heterocycles. The molecule has 1 atom stereocenters. The number of piperidine rings is 1. The molecule has 0 spiro atoms. The lowest BCUT2D eigenvalue weighted by atomic mass is 9.99. The van der Waals surface area contributed by atoms with Crippen molar-refractivity contribution in [2.75, 3.05) is 13.1 Å². The molecule has 0 unspecified atom stereocenters. The number of aryl methyl sites for hydroxylation is 2. The molecule has 2 rings (SSSR count). The highest BCUT2D eigenvalue weighted by Crippen LogP contribution is 2.21. The van der Waals surface area contributed by atoms with E-state index in [9.17, 15) is 0 Å². The Labute approximate surface area is 79.2 Å². The Morgan fingerprint density at radius 3 is 3.00 bits per heavy atom. The van der Waals surface area contributed by atoms with Crippen molar-refractivity contribution in [1.29, 1.82) is 0 Å². The number of rotatable bonds is 1. The smallest absolute Gasteiger partial charge is 0.113 e. The number of hydrogen-bond donors (Lipinski definition) is 1. The number of hydrogen-bond acceptors (Lipinski definition) is 2. The first-order valence-corrected chi connectivity index (χ1v) is 4.98. The third kappa shape index (κ3) is 1.75. The van der Waals surface area contributed by atoms with Crippen molar-refractivity contribution in [3.63, 3.8) is 0 Å². The van der Waals surface area contributed by atoms with Gasteiger partial charge in [-0.2, -0.15) is 0 Å². The van der Waals surface area contributed by atoms with Crippen molar-refractivity contribution in [2.45, 2.75) is 25.7 Å². The van der Waals surface area contributed by atoms with Crippen LogP contribution >= 0.6 is 0 Å². The second kappa shape index (κ2) is 3.50. The molecule has 0 radical (unpaired) electrons. The summed E-state index contributed by atoms with van der Waals surface area (Å²) < 4.78 is 2.16. The number of imidazole rings is 1. The van der Waals surface area contributed by atoms with E-state index >= 15 is 0 Å². The van der Waals surface area contributed by atoms with Gasteiger partial charge in [0.2, 0.25) is 0 Å². The zero-order valence-corrected chi connectivity index (χ0v) is 8.38. The molecule has 0 bridgehead atoms. The van der Waals surface area contributed by atoms with E-state index in [4.69, 9.17) is 0 Å². The van der Waals surface area contributed by atoms with Crippen molar-refractivity contribution in [2.24, 2.45) is 7.05 Å². The molecule has 1 fully saturated rings. The predicted molar refractivity (Wildman–Crippen MR) is 52.8 cm³/mol. The quantitative estimate of drug-likeness (QED) is 0.702. The number of nitrogens with zero attached hydrogens (tertiary/aromatic N) is 2. The largest absolute Gasteiger partial charge is 0.337 e.